The minimum Gasteiger partial charge on any atom is -0.206 e. The minimum absolute atomic E-state index is 0.206. The van der Waals surface area contributed by atoms with Gasteiger partial charge in [0.2, 0.25) is 0 Å². The average Bonchev–Trinajstić information content (AvgIpc) is 2.09. The number of benzene rings is 1. The lowest BCUT2D eigenvalue weighted by Gasteiger charge is -2.09. The van der Waals surface area contributed by atoms with E-state index < -0.39 is 0 Å². The van der Waals surface area contributed by atoms with Crippen LogP contribution < -0.4 is 0 Å². The highest BCUT2D eigenvalue weighted by molar-refractivity contribution is 5.66. The highest BCUT2D eigenvalue weighted by atomic mass is 19.1. The van der Waals surface area contributed by atoms with Crippen molar-refractivity contribution in [3.05, 3.63) is 48.0 Å². The maximum Gasteiger partial charge on any atom is 0.131 e. The van der Waals surface area contributed by atoms with Crippen molar-refractivity contribution in [1.29, 1.82) is 0 Å². The molecule has 0 N–H and O–H groups in total. The Kier molecular flexibility index (Phi) is 3.05. The summed E-state index contributed by atoms with van der Waals surface area (Å²) >= 11 is 0. The summed E-state index contributed by atoms with van der Waals surface area (Å²) in [6, 6.07) is 6.70. The third kappa shape index (κ3) is 2.07. The minimum atomic E-state index is -0.206. The van der Waals surface area contributed by atoms with Crippen LogP contribution in [0.4, 0.5) is 4.39 Å². The molecular formula is C12H13F. The Balaban J connectivity index is 3.21. The molecule has 0 aliphatic rings. The van der Waals surface area contributed by atoms with Crippen molar-refractivity contribution in [2.24, 2.45) is 5.92 Å². The van der Waals surface area contributed by atoms with Crippen molar-refractivity contribution in [3.8, 4) is 0 Å². The Hall–Kier alpha value is -1.33. The molecule has 0 amide bonds. The first-order valence-corrected chi connectivity index (χ1v) is 4.31. The molecule has 0 aromatic heterocycles. The summed E-state index contributed by atoms with van der Waals surface area (Å²) in [5.41, 5.74) is 4.22. The molecule has 0 aliphatic heterocycles. The maximum atomic E-state index is 13.3. The van der Waals surface area contributed by atoms with E-state index in [1.165, 1.54) is 6.07 Å². The molecule has 0 saturated heterocycles. The molecule has 0 saturated carbocycles. The van der Waals surface area contributed by atoms with Crippen molar-refractivity contribution < 1.29 is 4.39 Å². The van der Waals surface area contributed by atoms with Crippen LogP contribution >= 0.6 is 0 Å². The van der Waals surface area contributed by atoms with Crippen LogP contribution in [0.1, 0.15) is 19.4 Å². The fourth-order valence-corrected chi connectivity index (χ4v) is 1.29. The molecule has 1 rings (SSSR count). The SMILES string of the molecule is C=C=C(c1ccccc1F)C(C)C. The van der Waals surface area contributed by atoms with Crippen LogP contribution in [-0.4, -0.2) is 0 Å². The van der Waals surface area contributed by atoms with Gasteiger partial charge in [-0.2, -0.15) is 0 Å². The normalized spacial score (nSPS) is 9.85. The van der Waals surface area contributed by atoms with Crippen LogP contribution in [0.5, 0.6) is 0 Å². The molecule has 0 heterocycles. The molecule has 0 atom stereocenters. The number of hydrogen-bond donors (Lipinski definition) is 0. The molecule has 13 heavy (non-hydrogen) atoms. The van der Waals surface area contributed by atoms with Gasteiger partial charge in [0.1, 0.15) is 5.82 Å². The number of halogens is 1. The van der Waals surface area contributed by atoms with E-state index in [1.807, 2.05) is 19.9 Å². The predicted octanol–water partition coefficient (Wildman–Crippen LogP) is 3.65. The van der Waals surface area contributed by atoms with Gasteiger partial charge in [0, 0.05) is 11.1 Å². The molecule has 68 valence electrons. The lowest BCUT2D eigenvalue weighted by Crippen LogP contribution is -1.95. The van der Waals surface area contributed by atoms with Gasteiger partial charge in [-0.25, -0.2) is 4.39 Å². The third-order valence-corrected chi connectivity index (χ3v) is 1.93. The fourth-order valence-electron chi connectivity index (χ4n) is 1.29. The molecule has 1 aromatic rings. The van der Waals surface area contributed by atoms with Crippen molar-refractivity contribution >= 4 is 5.57 Å². The summed E-state index contributed by atoms with van der Waals surface area (Å²) in [6.07, 6.45) is 0. The molecule has 0 aliphatic carbocycles. The average molecular weight is 176 g/mol. The van der Waals surface area contributed by atoms with Crippen LogP contribution in [0.3, 0.4) is 0 Å². The Morgan fingerprint density at radius 3 is 2.46 bits per heavy atom. The first-order chi connectivity index (χ1) is 6.16. The van der Waals surface area contributed by atoms with Gasteiger partial charge in [0.25, 0.3) is 0 Å². The first-order valence-electron chi connectivity index (χ1n) is 4.31. The second kappa shape index (κ2) is 4.06. The van der Waals surface area contributed by atoms with Gasteiger partial charge in [-0.15, -0.1) is 5.73 Å². The van der Waals surface area contributed by atoms with E-state index in [0.29, 0.717) is 5.56 Å². The van der Waals surface area contributed by atoms with Gasteiger partial charge in [0.15, 0.2) is 0 Å². The van der Waals surface area contributed by atoms with Crippen LogP contribution in [0.25, 0.3) is 5.57 Å². The molecule has 0 unspecified atom stereocenters. The first kappa shape index (κ1) is 9.76. The highest BCUT2D eigenvalue weighted by Crippen LogP contribution is 2.23. The number of rotatable bonds is 2. The third-order valence-electron chi connectivity index (χ3n) is 1.93. The zero-order valence-electron chi connectivity index (χ0n) is 7.97. The summed E-state index contributed by atoms with van der Waals surface area (Å²) in [5, 5.41) is 0. The number of allylic oxidation sites excluding steroid dienone is 1. The standard InChI is InChI=1S/C12H13F/c1-4-10(9(2)3)11-7-5-6-8-12(11)13/h5-9H,1H2,2-3H3. The van der Waals surface area contributed by atoms with Gasteiger partial charge in [-0.1, -0.05) is 38.6 Å². The van der Waals surface area contributed by atoms with E-state index in [-0.39, 0.29) is 11.7 Å². The number of hydrogen-bond acceptors (Lipinski definition) is 0. The van der Waals surface area contributed by atoms with Crippen molar-refractivity contribution in [1.82, 2.24) is 0 Å². The summed E-state index contributed by atoms with van der Waals surface area (Å²) in [4.78, 5) is 0. The van der Waals surface area contributed by atoms with E-state index in [2.05, 4.69) is 12.3 Å². The zero-order chi connectivity index (χ0) is 9.84. The zero-order valence-corrected chi connectivity index (χ0v) is 7.97. The van der Waals surface area contributed by atoms with Crippen LogP contribution in [-0.2, 0) is 0 Å². The Labute approximate surface area is 78.4 Å². The van der Waals surface area contributed by atoms with Gasteiger partial charge in [0.05, 0.1) is 0 Å². The Morgan fingerprint density at radius 1 is 1.38 bits per heavy atom. The smallest absolute Gasteiger partial charge is 0.131 e. The monoisotopic (exact) mass is 176 g/mol. The molecule has 0 bridgehead atoms. The van der Waals surface area contributed by atoms with Crippen LogP contribution in [0.15, 0.2) is 36.6 Å². The van der Waals surface area contributed by atoms with E-state index >= 15 is 0 Å². The lowest BCUT2D eigenvalue weighted by molar-refractivity contribution is 0.621. The van der Waals surface area contributed by atoms with Gasteiger partial charge in [-0.3, -0.25) is 0 Å². The van der Waals surface area contributed by atoms with Crippen molar-refractivity contribution in [3.63, 3.8) is 0 Å². The van der Waals surface area contributed by atoms with Gasteiger partial charge >= 0.3 is 0 Å². The molecule has 0 radical (unpaired) electrons. The van der Waals surface area contributed by atoms with E-state index in [9.17, 15) is 4.39 Å². The largest absolute Gasteiger partial charge is 0.206 e. The highest BCUT2D eigenvalue weighted by Gasteiger charge is 2.09. The maximum absolute atomic E-state index is 13.3. The van der Waals surface area contributed by atoms with Crippen LogP contribution in [0.2, 0.25) is 0 Å². The summed E-state index contributed by atoms with van der Waals surface area (Å²) < 4.78 is 13.3. The Bertz CT molecular complexity index is 344. The molecule has 1 heteroatoms. The molecule has 0 spiro atoms. The fraction of sp³-hybridized carbons (Fsp3) is 0.250. The van der Waals surface area contributed by atoms with E-state index in [4.69, 9.17) is 0 Å². The van der Waals surface area contributed by atoms with Gasteiger partial charge in [-0.05, 0) is 12.0 Å². The van der Waals surface area contributed by atoms with E-state index in [0.717, 1.165) is 5.57 Å². The topological polar surface area (TPSA) is 0 Å². The molecule has 0 fully saturated rings. The van der Waals surface area contributed by atoms with Crippen molar-refractivity contribution in [2.45, 2.75) is 13.8 Å². The summed E-state index contributed by atoms with van der Waals surface area (Å²) in [5.74, 6) is 0.0387. The summed E-state index contributed by atoms with van der Waals surface area (Å²) in [7, 11) is 0. The molecule has 0 nitrogen and oxygen atoms in total. The molecular weight excluding hydrogens is 163 g/mol. The van der Waals surface area contributed by atoms with Crippen molar-refractivity contribution in [2.75, 3.05) is 0 Å². The second-order valence-corrected chi connectivity index (χ2v) is 3.22. The quantitative estimate of drug-likeness (QED) is 0.603. The second-order valence-electron chi connectivity index (χ2n) is 3.22. The molecule has 1 aromatic carbocycles. The van der Waals surface area contributed by atoms with Gasteiger partial charge < -0.3 is 0 Å². The van der Waals surface area contributed by atoms with Crippen LogP contribution in [0, 0.1) is 11.7 Å². The lowest BCUT2D eigenvalue weighted by atomic mass is 9.96. The Morgan fingerprint density at radius 2 is 2.00 bits per heavy atom. The van der Waals surface area contributed by atoms with E-state index in [1.54, 1.807) is 12.1 Å². The predicted molar refractivity (Wildman–Crippen MR) is 53.8 cm³/mol. The summed E-state index contributed by atoms with van der Waals surface area (Å²) in [6.45, 7) is 7.57.